The van der Waals surface area contributed by atoms with E-state index in [-0.39, 0.29) is 11.8 Å². The monoisotopic (exact) mass is 327 g/mol. The first kappa shape index (κ1) is 16.5. The lowest BCUT2D eigenvalue weighted by molar-refractivity contribution is 0.111. The molecule has 0 aliphatic carbocycles. The number of rotatable bonds is 6. The molecule has 5 nitrogen and oxygen atoms in total. The van der Waals surface area contributed by atoms with Crippen LogP contribution in [0.25, 0.3) is 0 Å². The van der Waals surface area contributed by atoms with Crippen LogP contribution < -0.4 is 9.47 Å². The highest BCUT2D eigenvalue weighted by Crippen LogP contribution is 2.35. The molecule has 3 rings (SSSR count). The highest BCUT2D eigenvalue weighted by molar-refractivity contribution is 5.81. The Labute approximate surface area is 141 Å². The van der Waals surface area contributed by atoms with E-state index in [9.17, 15) is 4.79 Å². The predicted octanol–water partition coefficient (Wildman–Crippen LogP) is 3.02. The van der Waals surface area contributed by atoms with Crippen LogP contribution >= 0.6 is 0 Å². The molecule has 1 aliphatic rings. The number of hydrogen-bond acceptors (Lipinski definition) is 5. The molecule has 0 amide bonds. The smallest absolute Gasteiger partial charge is 0.216 e. The summed E-state index contributed by atoms with van der Waals surface area (Å²) in [6.07, 6.45) is 2.56. The number of aldehydes is 1. The zero-order chi connectivity index (χ0) is 16.9. The molecule has 0 radical (unpaired) electrons. The van der Waals surface area contributed by atoms with E-state index in [4.69, 9.17) is 14.2 Å². The molecule has 0 saturated carbocycles. The van der Waals surface area contributed by atoms with Gasteiger partial charge in [-0.25, -0.2) is 4.98 Å². The number of carbonyl (C=O) groups is 1. The molecular weight excluding hydrogens is 306 g/mol. The van der Waals surface area contributed by atoms with Gasteiger partial charge in [0.2, 0.25) is 5.88 Å². The lowest BCUT2D eigenvalue weighted by atomic mass is 9.90. The van der Waals surface area contributed by atoms with Crippen molar-refractivity contribution in [3.05, 3.63) is 53.2 Å². The maximum atomic E-state index is 11.3. The Morgan fingerprint density at radius 3 is 2.96 bits per heavy atom. The molecule has 0 spiro atoms. The van der Waals surface area contributed by atoms with Gasteiger partial charge in [-0.3, -0.25) is 4.79 Å². The van der Waals surface area contributed by atoms with E-state index >= 15 is 0 Å². The van der Waals surface area contributed by atoms with Crippen molar-refractivity contribution in [2.24, 2.45) is 5.92 Å². The number of methoxy groups -OCH3 is 1. The third kappa shape index (κ3) is 3.26. The average Bonchev–Trinajstić information content (AvgIpc) is 3.08. The first-order valence-electron chi connectivity index (χ1n) is 7.98. The second-order valence-electron chi connectivity index (χ2n) is 5.92. The van der Waals surface area contributed by atoms with E-state index in [1.807, 2.05) is 37.3 Å². The molecule has 2 atom stereocenters. The van der Waals surface area contributed by atoms with Gasteiger partial charge < -0.3 is 14.2 Å². The standard InChI is InChI=1S/C19H21NO4/c1-13-5-3-7-18(16(13)9-21)24-11-14-10-23-12-17(14)15-6-4-8-20-19(15)22-2/h3-9,14,17H,10-12H2,1-2H3/t14-,17-/m0/s1. The van der Waals surface area contributed by atoms with Gasteiger partial charge in [0.25, 0.3) is 0 Å². The Balaban J connectivity index is 1.75. The Bertz CT molecular complexity index is 716. The van der Waals surface area contributed by atoms with Crippen molar-refractivity contribution in [1.82, 2.24) is 4.98 Å². The van der Waals surface area contributed by atoms with Gasteiger partial charge in [0, 0.05) is 23.6 Å². The number of benzene rings is 1. The van der Waals surface area contributed by atoms with E-state index in [2.05, 4.69) is 4.98 Å². The number of nitrogens with zero attached hydrogens (tertiary/aromatic N) is 1. The SMILES string of the molecule is COc1ncccc1[C@H]1COC[C@H]1COc1cccc(C)c1C=O. The van der Waals surface area contributed by atoms with Crippen LogP contribution in [0.2, 0.25) is 0 Å². The van der Waals surface area contributed by atoms with E-state index in [1.54, 1.807) is 13.3 Å². The molecule has 1 saturated heterocycles. The van der Waals surface area contributed by atoms with Crippen LogP contribution in [-0.2, 0) is 4.74 Å². The fraction of sp³-hybridized carbons (Fsp3) is 0.368. The zero-order valence-electron chi connectivity index (χ0n) is 13.9. The Morgan fingerprint density at radius 2 is 2.17 bits per heavy atom. The number of hydrogen-bond donors (Lipinski definition) is 0. The van der Waals surface area contributed by atoms with Crippen LogP contribution in [0.3, 0.4) is 0 Å². The fourth-order valence-corrected chi connectivity index (χ4v) is 3.09. The van der Waals surface area contributed by atoms with E-state index in [1.165, 1.54) is 0 Å². The molecule has 2 aromatic rings. The van der Waals surface area contributed by atoms with Gasteiger partial charge in [0.1, 0.15) is 5.75 Å². The van der Waals surface area contributed by atoms with Crippen LogP contribution in [0.4, 0.5) is 0 Å². The number of pyridine rings is 1. The van der Waals surface area contributed by atoms with Crippen molar-refractivity contribution in [2.45, 2.75) is 12.8 Å². The minimum absolute atomic E-state index is 0.165. The topological polar surface area (TPSA) is 57.6 Å². The molecule has 1 aliphatic heterocycles. The van der Waals surface area contributed by atoms with E-state index in [0.29, 0.717) is 37.0 Å². The minimum Gasteiger partial charge on any atom is -0.492 e. The summed E-state index contributed by atoms with van der Waals surface area (Å²) in [5.41, 5.74) is 2.55. The lowest BCUT2D eigenvalue weighted by Crippen LogP contribution is -2.20. The number of aromatic nitrogens is 1. The first-order chi connectivity index (χ1) is 11.7. The molecule has 5 heteroatoms. The molecule has 24 heavy (non-hydrogen) atoms. The Morgan fingerprint density at radius 1 is 1.29 bits per heavy atom. The lowest BCUT2D eigenvalue weighted by Gasteiger charge is -2.20. The van der Waals surface area contributed by atoms with Crippen molar-refractivity contribution in [1.29, 1.82) is 0 Å². The zero-order valence-corrected chi connectivity index (χ0v) is 13.9. The number of ether oxygens (including phenoxy) is 3. The summed E-state index contributed by atoms with van der Waals surface area (Å²) >= 11 is 0. The van der Waals surface area contributed by atoms with E-state index in [0.717, 1.165) is 17.4 Å². The molecule has 2 heterocycles. The summed E-state index contributed by atoms with van der Waals surface area (Å²) in [6, 6.07) is 9.54. The van der Waals surface area contributed by atoms with Gasteiger partial charge in [-0.15, -0.1) is 0 Å². The molecule has 1 aromatic carbocycles. The van der Waals surface area contributed by atoms with Crippen molar-refractivity contribution in [2.75, 3.05) is 26.9 Å². The molecule has 0 N–H and O–H groups in total. The van der Waals surface area contributed by atoms with Crippen molar-refractivity contribution >= 4 is 6.29 Å². The van der Waals surface area contributed by atoms with Gasteiger partial charge >= 0.3 is 0 Å². The maximum Gasteiger partial charge on any atom is 0.216 e. The molecule has 1 fully saturated rings. The van der Waals surface area contributed by atoms with Gasteiger partial charge in [-0.2, -0.15) is 0 Å². The predicted molar refractivity (Wildman–Crippen MR) is 89.9 cm³/mol. The summed E-state index contributed by atoms with van der Waals surface area (Å²) in [7, 11) is 1.62. The van der Waals surface area contributed by atoms with Crippen molar-refractivity contribution in [3.8, 4) is 11.6 Å². The summed E-state index contributed by atoms with van der Waals surface area (Å²) in [5.74, 6) is 1.59. The van der Waals surface area contributed by atoms with Gasteiger partial charge in [0.05, 0.1) is 32.5 Å². The van der Waals surface area contributed by atoms with Crippen molar-refractivity contribution in [3.63, 3.8) is 0 Å². The van der Waals surface area contributed by atoms with Crippen LogP contribution in [-0.4, -0.2) is 38.2 Å². The highest BCUT2D eigenvalue weighted by Gasteiger charge is 2.32. The third-order valence-corrected chi connectivity index (χ3v) is 4.45. The first-order valence-corrected chi connectivity index (χ1v) is 7.98. The normalized spacial score (nSPS) is 19.9. The Kier molecular flexibility index (Phi) is 5.11. The molecule has 0 unspecified atom stereocenters. The maximum absolute atomic E-state index is 11.3. The van der Waals surface area contributed by atoms with Crippen molar-refractivity contribution < 1.29 is 19.0 Å². The van der Waals surface area contributed by atoms with Crippen LogP contribution in [0, 0.1) is 12.8 Å². The average molecular weight is 327 g/mol. The van der Waals surface area contributed by atoms with Crippen LogP contribution in [0.1, 0.15) is 27.4 Å². The van der Waals surface area contributed by atoms with Crippen LogP contribution in [0.15, 0.2) is 36.5 Å². The summed E-state index contributed by atoms with van der Waals surface area (Å²) in [6.45, 7) is 3.61. The quantitative estimate of drug-likeness (QED) is 0.763. The van der Waals surface area contributed by atoms with Crippen LogP contribution in [0.5, 0.6) is 11.6 Å². The second-order valence-corrected chi connectivity index (χ2v) is 5.92. The van der Waals surface area contributed by atoms with Gasteiger partial charge in [-0.1, -0.05) is 18.2 Å². The summed E-state index contributed by atoms with van der Waals surface area (Å²) in [4.78, 5) is 15.6. The summed E-state index contributed by atoms with van der Waals surface area (Å²) < 4.78 is 17.0. The van der Waals surface area contributed by atoms with Gasteiger partial charge in [0.15, 0.2) is 6.29 Å². The third-order valence-electron chi connectivity index (χ3n) is 4.45. The summed E-state index contributed by atoms with van der Waals surface area (Å²) in [5, 5.41) is 0. The second kappa shape index (κ2) is 7.45. The number of carbonyl (C=O) groups excluding carboxylic acids is 1. The Hall–Kier alpha value is -2.40. The van der Waals surface area contributed by atoms with E-state index < -0.39 is 0 Å². The molecule has 0 bridgehead atoms. The largest absolute Gasteiger partial charge is 0.492 e. The minimum atomic E-state index is 0.165. The number of aryl methyl sites for hydroxylation is 1. The molecule has 1 aromatic heterocycles. The fourth-order valence-electron chi connectivity index (χ4n) is 3.09. The highest BCUT2D eigenvalue weighted by atomic mass is 16.5. The molecule has 126 valence electrons. The van der Waals surface area contributed by atoms with Gasteiger partial charge in [-0.05, 0) is 24.6 Å². The molecular formula is C19H21NO4.